The maximum Gasteiger partial charge on any atom is 0.329 e. The third-order valence-electron chi connectivity index (χ3n) is 9.33. The minimum atomic E-state index is -1.76. The molecular formula is C44H52N2O8. The summed E-state index contributed by atoms with van der Waals surface area (Å²) in [7, 11) is 0. The number of aliphatic hydroxyl groups is 2. The van der Waals surface area contributed by atoms with Gasteiger partial charge in [0.15, 0.2) is 0 Å². The van der Waals surface area contributed by atoms with Crippen LogP contribution in [0.3, 0.4) is 0 Å². The van der Waals surface area contributed by atoms with Crippen molar-refractivity contribution >= 4 is 23.8 Å². The van der Waals surface area contributed by atoms with Crippen LogP contribution in [-0.4, -0.2) is 58.3 Å². The molecule has 0 fully saturated rings. The standard InChI is InChI=1S/C44H52N2O8/c1-29(2)37(43(51)53-27-33-21-13-7-14-22-33)45-41(49)35(25-31-17-9-5-10-18-31)39(47)40(48)36(26-32-19-11-6-12-20-32)42(50)46-38(30(3)4)44(52)54-28-34-23-15-8-16-24-34/h5-24,29-30,35-40,47-48H,25-28H2,1-4H3,(H,45,49)(H,46,50). The molecular weight excluding hydrogens is 684 g/mol. The molecule has 10 nitrogen and oxygen atoms in total. The van der Waals surface area contributed by atoms with Crippen LogP contribution in [0.4, 0.5) is 0 Å². The normalized spacial score (nSPS) is 14.6. The fourth-order valence-corrected chi connectivity index (χ4v) is 6.10. The zero-order chi connectivity index (χ0) is 39.0. The number of esters is 2. The van der Waals surface area contributed by atoms with Gasteiger partial charge in [-0.05, 0) is 46.9 Å². The van der Waals surface area contributed by atoms with Gasteiger partial charge in [-0.2, -0.15) is 0 Å². The molecule has 4 aromatic rings. The number of aliphatic hydroxyl groups excluding tert-OH is 2. The lowest BCUT2D eigenvalue weighted by atomic mass is 9.82. The predicted octanol–water partition coefficient (Wildman–Crippen LogP) is 5.19. The van der Waals surface area contributed by atoms with Crippen LogP contribution < -0.4 is 10.6 Å². The second-order valence-electron chi connectivity index (χ2n) is 14.2. The van der Waals surface area contributed by atoms with E-state index in [0.717, 1.165) is 11.1 Å². The van der Waals surface area contributed by atoms with Gasteiger partial charge in [-0.15, -0.1) is 0 Å². The van der Waals surface area contributed by atoms with Crippen LogP contribution in [0, 0.1) is 23.7 Å². The minimum absolute atomic E-state index is 0.00507. The molecule has 0 aromatic heterocycles. The second kappa shape index (κ2) is 20.8. The van der Waals surface area contributed by atoms with Gasteiger partial charge >= 0.3 is 11.9 Å². The van der Waals surface area contributed by atoms with Crippen molar-refractivity contribution in [1.82, 2.24) is 10.6 Å². The van der Waals surface area contributed by atoms with E-state index in [1.54, 1.807) is 76.2 Å². The molecule has 6 unspecified atom stereocenters. The molecule has 4 aromatic carbocycles. The Bertz CT molecular complexity index is 1620. The van der Waals surface area contributed by atoms with Gasteiger partial charge in [0.2, 0.25) is 11.8 Å². The van der Waals surface area contributed by atoms with Gasteiger partial charge in [0.25, 0.3) is 0 Å². The van der Waals surface area contributed by atoms with E-state index in [1.165, 1.54) is 0 Å². The lowest BCUT2D eigenvalue weighted by molar-refractivity contribution is -0.154. The molecule has 0 heterocycles. The van der Waals surface area contributed by atoms with Gasteiger partial charge in [-0.3, -0.25) is 9.59 Å². The van der Waals surface area contributed by atoms with Gasteiger partial charge in [0, 0.05) is 0 Å². The number of nitrogens with one attached hydrogen (secondary N) is 2. The van der Waals surface area contributed by atoms with Crippen LogP contribution in [0.5, 0.6) is 0 Å². The first-order valence-corrected chi connectivity index (χ1v) is 18.4. The van der Waals surface area contributed by atoms with E-state index in [4.69, 9.17) is 9.47 Å². The van der Waals surface area contributed by atoms with Crippen LogP contribution in [0.2, 0.25) is 0 Å². The number of carbonyl (C=O) groups excluding carboxylic acids is 4. The maximum atomic E-state index is 14.1. The van der Waals surface area contributed by atoms with Crippen molar-refractivity contribution in [1.29, 1.82) is 0 Å². The fraction of sp³-hybridized carbons (Fsp3) is 0.364. The summed E-state index contributed by atoms with van der Waals surface area (Å²) in [6.07, 6.45) is -3.54. The molecule has 10 heteroatoms. The Morgan fingerprint density at radius 3 is 1.04 bits per heavy atom. The molecule has 2 amide bonds. The van der Waals surface area contributed by atoms with Crippen molar-refractivity contribution in [2.75, 3.05) is 0 Å². The Hall–Kier alpha value is -5.32. The van der Waals surface area contributed by atoms with E-state index in [0.29, 0.717) is 11.1 Å². The van der Waals surface area contributed by atoms with Gasteiger partial charge in [0.1, 0.15) is 25.3 Å². The number of benzene rings is 4. The summed E-state index contributed by atoms with van der Waals surface area (Å²) in [4.78, 5) is 54.8. The average molecular weight is 737 g/mol. The van der Waals surface area contributed by atoms with Crippen molar-refractivity contribution in [3.63, 3.8) is 0 Å². The minimum Gasteiger partial charge on any atom is -0.459 e. The summed E-state index contributed by atoms with van der Waals surface area (Å²) < 4.78 is 11.1. The lowest BCUT2D eigenvalue weighted by Crippen LogP contribution is -2.55. The third-order valence-corrected chi connectivity index (χ3v) is 9.33. The van der Waals surface area contributed by atoms with Crippen molar-refractivity contribution in [3.05, 3.63) is 144 Å². The highest BCUT2D eigenvalue weighted by Gasteiger charge is 2.42. The molecule has 4 rings (SSSR count). The van der Waals surface area contributed by atoms with Crippen molar-refractivity contribution < 1.29 is 38.9 Å². The van der Waals surface area contributed by atoms with Gasteiger partial charge in [0.05, 0.1) is 24.0 Å². The molecule has 54 heavy (non-hydrogen) atoms. The average Bonchev–Trinajstić information content (AvgIpc) is 3.18. The molecule has 0 spiro atoms. The van der Waals surface area contributed by atoms with E-state index in [9.17, 15) is 29.4 Å². The quantitative estimate of drug-likeness (QED) is 0.0961. The fourth-order valence-electron chi connectivity index (χ4n) is 6.10. The van der Waals surface area contributed by atoms with Crippen LogP contribution in [0.15, 0.2) is 121 Å². The summed E-state index contributed by atoms with van der Waals surface area (Å²) in [6, 6.07) is 34.2. The Morgan fingerprint density at radius 1 is 0.481 bits per heavy atom. The molecule has 0 aliphatic rings. The summed E-state index contributed by atoms with van der Waals surface area (Å²) >= 11 is 0. The Kier molecular flexibility index (Phi) is 16.0. The molecule has 4 N–H and O–H groups in total. The number of hydrogen-bond acceptors (Lipinski definition) is 8. The number of carbonyl (C=O) groups is 4. The number of ether oxygens (including phenoxy) is 2. The van der Waals surface area contributed by atoms with E-state index in [2.05, 4.69) is 10.6 Å². The van der Waals surface area contributed by atoms with Crippen molar-refractivity contribution in [2.24, 2.45) is 23.7 Å². The molecule has 0 bridgehead atoms. The molecule has 0 saturated carbocycles. The third kappa shape index (κ3) is 12.4. The van der Waals surface area contributed by atoms with E-state index in [-0.39, 0.29) is 37.9 Å². The smallest absolute Gasteiger partial charge is 0.329 e. The summed E-state index contributed by atoms with van der Waals surface area (Å²) in [5.41, 5.74) is 2.96. The van der Waals surface area contributed by atoms with E-state index < -0.39 is 59.9 Å². The second-order valence-corrected chi connectivity index (χ2v) is 14.2. The maximum absolute atomic E-state index is 14.1. The number of hydrogen-bond donors (Lipinski definition) is 4. The van der Waals surface area contributed by atoms with Crippen LogP contribution in [-0.2, 0) is 54.7 Å². The van der Waals surface area contributed by atoms with Crippen LogP contribution >= 0.6 is 0 Å². The van der Waals surface area contributed by atoms with Crippen molar-refractivity contribution in [3.8, 4) is 0 Å². The molecule has 286 valence electrons. The predicted molar refractivity (Wildman–Crippen MR) is 205 cm³/mol. The lowest BCUT2D eigenvalue weighted by Gasteiger charge is -2.33. The van der Waals surface area contributed by atoms with Crippen molar-refractivity contribution in [2.45, 2.75) is 78.0 Å². The first kappa shape index (κ1) is 41.4. The molecule has 6 atom stereocenters. The molecule has 0 saturated heterocycles. The summed E-state index contributed by atoms with van der Waals surface area (Å²) in [6.45, 7) is 7.09. The Labute approximate surface area is 317 Å². The zero-order valence-electron chi connectivity index (χ0n) is 31.3. The molecule has 0 aliphatic carbocycles. The number of rotatable bonds is 19. The first-order valence-electron chi connectivity index (χ1n) is 18.4. The van der Waals surface area contributed by atoms with E-state index in [1.807, 2.05) is 72.8 Å². The largest absolute Gasteiger partial charge is 0.459 e. The van der Waals surface area contributed by atoms with E-state index >= 15 is 0 Å². The van der Waals surface area contributed by atoms with Gasteiger partial charge < -0.3 is 30.3 Å². The first-order chi connectivity index (χ1) is 25.9. The topological polar surface area (TPSA) is 151 Å². The Balaban J connectivity index is 1.58. The van der Waals surface area contributed by atoms with Gasteiger partial charge in [-0.25, -0.2) is 9.59 Å². The summed E-state index contributed by atoms with van der Waals surface area (Å²) in [5, 5.41) is 29.4. The summed E-state index contributed by atoms with van der Waals surface area (Å²) in [5.74, 6) is -5.98. The Morgan fingerprint density at radius 2 is 0.759 bits per heavy atom. The highest BCUT2D eigenvalue weighted by Crippen LogP contribution is 2.24. The van der Waals surface area contributed by atoms with Crippen LogP contribution in [0.25, 0.3) is 0 Å². The van der Waals surface area contributed by atoms with Gasteiger partial charge in [-0.1, -0.05) is 149 Å². The molecule has 0 radical (unpaired) electrons. The zero-order valence-corrected chi connectivity index (χ0v) is 31.3. The number of amides is 2. The van der Waals surface area contributed by atoms with Crippen LogP contribution in [0.1, 0.15) is 49.9 Å². The molecule has 0 aliphatic heterocycles. The monoisotopic (exact) mass is 736 g/mol. The highest BCUT2D eigenvalue weighted by molar-refractivity contribution is 5.88. The SMILES string of the molecule is CC(C)C(NC(=O)C(Cc1ccccc1)C(O)C(O)C(Cc1ccccc1)C(=O)NC(C(=O)OCc1ccccc1)C(C)C)C(=O)OCc1ccccc1. The highest BCUT2D eigenvalue weighted by atomic mass is 16.5.